The van der Waals surface area contributed by atoms with E-state index in [1.807, 2.05) is 16.8 Å². The number of carbonyl (C=O) groups excluding carboxylic acids is 1. The summed E-state index contributed by atoms with van der Waals surface area (Å²) in [7, 11) is -3.55. The van der Waals surface area contributed by atoms with Crippen molar-refractivity contribution >= 4 is 33.0 Å². The van der Waals surface area contributed by atoms with Gasteiger partial charge in [-0.15, -0.1) is 0 Å². The predicted molar refractivity (Wildman–Crippen MR) is 83.7 cm³/mol. The van der Waals surface area contributed by atoms with E-state index in [4.69, 9.17) is 0 Å². The summed E-state index contributed by atoms with van der Waals surface area (Å²) in [5.74, 6) is -0.110. The van der Waals surface area contributed by atoms with Crippen LogP contribution in [0.4, 0.5) is 5.69 Å². The summed E-state index contributed by atoms with van der Waals surface area (Å²) in [6, 6.07) is 7.97. The van der Waals surface area contributed by atoms with E-state index in [1.165, 1.54) is 23.5 Å². The van der Waals surface area contributed by atoms with Crippen LogP contribution in [0.15, 0.2) is 46.0 Å². The lowest BCUT2D eigenvalue weighted by Crippen LogP contribution is -2.23. The second-order valence-electron chi connectivity index (χ2n) is 4.38. The number of amides is 1. The second kappa shape index (κ2) is 6.84. The average molecular weight is 324 g/mol. The molecule has 0 bridgehead atoms. The van der Waals surface area contributed by atoms with Crippen LogP contribution in [-0.2, 0) is 21.4 Å². The predicted octanol–water partition coefficient (Wildman–Crippen LogP) is 2.58. The van der Waals surface area contributed by atoms with Crippen molar-refractivity contribution in [1.82, 2.24) is 4.72 Å². The van der Waals surface area contributed by atoms with Gasteiger partial charge in [0.25, 0.3) is 0 Å². The molecule has 0 radical (unpaired) electrons. The number of rotatable bonds is 6. The molecule has 2 N–H and O–H groups in total. The minimum Gasteiger partial charge on any atom is -0.326 e. The van der Waals surface area contributed by atoms with E-state index in [9.17, 15) is 13.2 Å². The highest BCUT2D eigenvalue weighted by Gasteiger charge is 2.13. The number of carbonyl (C=O) groups is 1. The zero-order chi connectivity index (χ0) is 15.3. The van der Waals surface area contributed by atoms with Crippen LogP contribution in [0, 0.1) is 0 Å². The third-order valence-corrected chi connectivity index (χ3v) is 4.97. The van der Waals surface area contributed by atoms with Crippen LogP contribution >= 0.6 is 11.3 Å². The van der Waals surface area contributed by atoms with Gasteiger partial charge in [-0.1, -0.05) is 6.92 Å². The van der Waals surface area contributed by atoms with Gasteiger partial charge in [-0.25, -0.2) is 13.1 Å². The number of hydrogen-bond acceptors (Lipinski definition) is 4. The molecule has 1 aromatic heterocycles. The minimum atomic E-state index is -3.55. The highest BCUT2D eigenvalue weighted by molar-refractivity contribution is 7.89. The van der Waals surface area contributed by atoms with Crippen LogP contribution in [0.3, 0.4) is 0 Å². The molecule has 0 saturated carbocycles. The molecule has 0 aliphatic carbocycles. The molecule has 112 valence electrons. The van der Waals surface area contributed by atoms with Gasteiger partial charge in [-0.3, -0.25) is 4.79 Å². The van der Waals surface area contributed by atoms with Crippen molar-refractivity contribution in [3.63, 3.8) is 0 Å². The Kier molecular flexibility index (Phi) is 5.11. The van der Waals surface area contributed by atoms with Crippen molar-refractivity contribution in [2.75, 3.05) is 5.32 Å². The summed E-state index contributed by atoms with van der Waals surface area (Å²) in [4.78, 5) is 11.4. The number of sulfonamides is 1. The quantitative estimate of drug-likeness (QED) is 0.857. The van der Waals surface area contributed by atoms with Gasteiger partial charge in [0, 0.05) is 18.7 Å². The standard InChI is InChI=1S/C14H16N2O3S2/c1-2-14(17)16-12-3-5-13(6-4-12)21(18,19)15-9-11-7-8-20-10-11/h3-8,10,15H,2,9H2,1H3,(H,16,17). The molecule has 0 unspecified atom stereocenters. The SMILES string of the molecule is CCC(=O)Nc1ccc(S(=O)(=O)NCc2ccsc2)cc1. The number of hydrogen-bond donors (Lipinski definition) is 2. The second-order valence-corrected chi connectivity index (χ2v) is 6.93. The zero-order valence-electron chi connectivity index (χ0n) is 11.5. The van der Waals surface area contributed by atoms with Crippen molar-refractivity contribution in [1.29, 1.82) is 0 Å². The number of benzene rings is 1. The number of anilines is 1. The van der Waals surface area contributed by atoms with Gasteiger partial charge in [-0.05, 0) is 46.7 Å². The molecule has 0 aliphatic heterocycles. The summed E-state index contributed by atoms with van der Waals surface area (Å²) >= 11 is 1.52. The molecule has 21 heavy (non-hydrogen) atoms. The molecule has 0 atom stereocenters. The van der Waals surface area contributed by atoms with Crippen LogP contribution < -0.4 is 10.0 Å². The molecule has 1 aromatic carbocycles. The fourth-order valence-corrected chi connectivity index (χ4v) is 3.31. The topological polar surface area (TPSA) is 75.3 Å². The molecule has 1 heterocycles. The molecule has 5 nitrogen and oxygen atoms in total. The molecule has 0 saturated heterocycles. The van der Waals surface area contributed by atoms with Crippen molar-refractivity contribution in [2.45, 2.75) is 24.8 Å². The van der Waals surface area contributed by atoms with Crippen molar-refractivity contribution < 1.29 is 13.2 Å². The van der Waals surface area contributed by atoms with Crippen LogP contribution in [0.1, 0.15) is 18.9 Å². The Hall–Kier alpha value is -1.70. The van der Waals surface area contributed by atoms with Crippen molar-refractivity contribution in [3.05, 3.63) is 46.7 Å². The van der Waals surface area contributed by atoms with Gasteiger partial charge in [0.05, 0.1) is 4.90 Å². The molecule has 2 aromatic rings. The lowest BCUT2D eigenvalue weighted by atomic mass is 10.3. The summed E-state index contributed by atoms with van der Waals surface area (Å²) in [6.07, 6.45) is 0.377. The van der Waals surface area contributed by atoms with Crippen LogP contribution in [0.5, 0.6) is 0 Å². The molecule has 1 amide bonds. The maximum atomic E-state index is 12.1. The fraction of sp³-hybridized carbons (Fsp3) is 0.214. The zero-order valence-corrected chi connectivity index (χ0v) is 13.1. The lowest BCUT2D eigenvalue weighted by Gasteiger charge is -2.07. The Morgan fingerprint density at radius 2 is 1.90 bits per heavy atom. The van der Waals surface area contributed by atoms with Gasteiger partial charge in [0.1, 0.15) is 0 Å². The Labute approximate surface area is 128 Å². The lowest BCUT2D eigenvalue weighted by molar-refractivity contribution is -0.115. The normalized spacial score (nSPS) is 11.3. The summed E-state index contributed by atoms with van der Waals surface area (Å²) < 4.78 is 26.8. The first-order valence-electron chi connectivity index (χ1n) is 6.42. The summed E-state index contributed by atoms with van der Waals surface area (Å²) in [6.45, 7) is 2.02. The Morgan fingerprint density at radius 3 is 2.48 bits per heavy atom. The summed E-state index contributed by atoms with van der Waals surface area (Å²) in [5, 5.41) is 6.46. The Morgan fingerprint density at radius 1 is 1.19 bits per heavy atom. The van der Waals surface area contributed by atoms with Crippen LogP contribution in [0.25, 0.3) is 0 Å². The van der Waals surface area contributed by atoms with E-state index in [0.717, 1.165) is 5.56 Å². The van der Waals surface area contributed by atoms with E-state index < -0.39 is 10.0 Å². The Balaban J connectivity index is 2.04. The van der Waals surface area contributed by atoms with E-state index in [1.54, 1.807) is 19.1 Å². The maximum Gasteiger partial charge on any atom is 0.240 e. The van der Waals surface area contributed by atoms with Gasteiger partial charge in [0.2, 0.25) is 15.9 Å². The van der Waals surface area contributed by atoms with E-state index >= 15 is 0 Å². The van der Waals surface area contributed by atoms with Gasteiger partial charge >= 0.3 is 0 Å². The first-order chi connectivity index (χ1) is 10.0. The molecule has 7 heteroatoms. The first-order valence-corrected chi connectivity index (χ1v) is 8.84. The van der Waals surface area contributed by atoms with Gasteiger partial charge in [-0.2, -0.15) is 11.3 Å². The average Bonchev–Trinajstić information content (AvgIpc) is 2.99. The van der Waals surface area contributed by atoms with Crippen LogP contribution in [-0.4, -0.2) is 14.3 Å². The molecule has 0 aliphatic rings. The number of nitrogens with one attached hydrogen (secondary N) is 2. The molecular formula is C14H16N2O3S2. The largest absolute Gasteiger partial charge is 0.326 e. The Bertz CT molecular complexity index is 692. The smallest absolute Gasteiger partial charge is 0.240 e. The highest BCUT2D eigenvalue weighted by Crippen LogP contribution is 2.15. The van der Waals surface area contributed by atoms with Crippen LogP contribution in [0.2, 0.25) is 0 Å². The third kappa shape index (κ3) is 4.38. The van der Waals surface area contributed by atoms with Crippen molar-refractivity contribution in [2.24, 2.45) is 0 Å². The fourth-order valence-electron chi connectivity index (χ4n) is 1.62. The molecular weight excluding hydrogens is 308 g/mol. The molecule has 2 rings (SSSR count). The van der Waals surface area contributed by atoms with Gasteiger partial charge in [0.15, 0.2) is 0 Å². The molecule has 0 fully saturated rings. The highest BCUT2D eigenvalue weighted by atomic mass is 32.2. The van der Waals surface area contributed by atoms with Gasteiger partial charge < -0.3 is 5.32 Å². The minimum absolute atomic E-state index is 0.110. The maximum absolute atomic E-state index is 12.1. The molecule has 0 spiro atoms. The van der Waals surface area contributed by atoms with E-state index in [0.29, 0.717) is 12.1 Å². The first kappa shape index (κ1) is 15.7. The third-order valence-electron chi connectivity index (χ3n) is 2.82. The summed E-state index contributed by atoms with van der Waals surface area (Å²) in [5.41, 5.74) is 1.51. The van der Waals surface area contributed by atoms with E-state index in [-0.39, 0.29) is 17.3 Å². The number of thiophene rings is 1. The van der Waals surface area contributed by atoms with E-state index in [2.05, 4.69) is 10.0 Å². The monoisotopic (exact) mass is 324 g/mol. The van der Waals surface area contributed by atoms with Crippen molar-refractivity contribution in [3.8, 4) is 0 Å².